The Balaban J connectivity index is 1.62. The summed E-state index contributed by atoms with van der Waals surface area (Å²) in [6, 6.07) is 4.46. The number of rotatable bonds is 8. The molecule has 2 heterocycles. The summed E-state index contributed by atoms with van der Waals surface area (Å²) in [7, 11) is -1.38. The van der Waals surface area contributed by atoms with Crippen LogP contribution in [0.3, 0.4) is 0 Å². The highest BCUT2D eigenvalue weighted by molar-refractivity contribution is 9.10. The van der Waals surface area contributed by atoms with Gasteiger partial charge in [-0.05, 0) is 58.7 Å². The zero-order valence-corrected chi connectivity index (χ0v) is 18.9. The molecule has 0 spiro atoms. The average molecular weight is 504 g/mol. The first-order valence-corrected chi connectivity index (χ1v) is 11.8. The molecule has 30 heavy (non-hydrogen) atoms. The van der Waals surface area contributed by atoms with Crippen molar-refractivity contribution >= 4 is 31.7 Å². The summed E-state index contributed by atoms with van der Waals surface area (Å²) in [5.41, 5.74) is 1.57. The minimum Gasteiger partial charge on any atom is -0.411 e. The van der Waals surface area contributed by atoms with E-state index in [4.69, 9.17) is 4.63 Å². The van der Waals surface area contributed by atoms with Crippen molar-refractivity contribution in [3.63, 3.8) is 0 Å². The van der Waals surface area contributed by atoms with Gasteiger partial charge in [0.15, 0.2) is 5.69 Å². The number of hydrogen-bond acceptors (Lipinski definition) is 8. The molecule has 0 atom stereocenters. The molecular formula is C18H23BrFN5O4S. The molecule has 1 aliphatic heterocycles. The summed E-state index contributed by atoms with van der Waals surface area (Å²) < 4.78 is 45.1. The highest BCUT2D eigenvalue weighted by Gasteiger charge is 2.26. The Bertz CT molecular complexity index is 1010. The van der Waals surface area contributed by atoms with Gasteiger partial charge in [0.2, 0.25) is 10.0 Å². The number of aryl methyl sites for hydroxylation is 1. The van der Waals surface area contributed by atoms with Crippen molar-refractivity contribution in [2.24, 2.45) is 5.16 Å². The van der Waals surface area contributed by atoms with Gasteiger partial charge in [-0.25, -0.2) is 17.4 Å². The number of sulfonamides is 1. The Morgan fingerprint density at radius 1 is 1.30 bits per heavy atom. The predicted octanol–water partition coefficient (Wildman–Crippen LogP) is 1.90. The largest absolute Gasteiger partial charge is 0.411 e. The van der Waals surface area contributed by atoms with Crippen LogP contribution < -0.4 is 0 Å². The Morgan fingerprint density at radius 2 is 2.03 bits per heavy atom. The Morgan fingerprint density at radius 3 is 2.70 bits per heavy atom. The monoisotopic (exact) mass is 503 g/mol. The number of oxime groups is 1. The number of aromatic nitrogens is 2. The van der Waals surface area contributed by atoms with E-state index in [1.54, 1.807) is 12.1 Å². The molecule has 164 valence electrons. The van der Waals surface area contributed by atoms with Crippen LogP contribution in [-0.2, 0) is 22.9 Å². The predicted molar refractivity (Wildman–Crippen MR) is 112 cm³/mol. The van der Waals surface area contributed by atoms with Crippen LogP contribution in [0.2, 0.25) is 0 Å². The van der Waals surface area contributed by atoms with Gasteiger partial charge in [0.1, 0.15) is 17.2 Å². The summed E-state index contributed by atoms with van der Waals surface area (Å²) in [5, 5.41) is 20.4. The molecule has 12 heteroatoms. The molecule has 1 aromatic carbocycles. The van der Waals surface area contributed by atoms with E-state index in [-0.39, 0.29) is 23.6 Å². The van der Waals surface area contributed by atoms with Crippen LogP contribution in [-0.4, -0.2) is 77.8 Å². The zero-order chi connectivity index (χ0) is 21.7. The first-order chi connectivity index (χ1) is 14.3. The summed E-state index contributed by atoms with van der Waals surface area (Å²) in [5.74, 6) is -0.411. The second-order valence-electron chi connectivity index (χ2n) is 7.15. The quantitative estimate of drug-likeness (QED) is 0.332. The molecule has 0 amide bonds. The summed E-state index contributed by atoms with van der Waals surface area (Å²) in [6.45, 7) is 2.41. The van der Waals surface area contributed by atoms with Crippen molar-refractivity contribution < 1.29 is 22.6 Å². The molecule has 2 aromatic rings. The lowest BCUT2D eigenvalue weighted by molar-refractivity contribution is 0.222. The van der Waals surface area contributed by atoms with Gasteiger partial charge in [-0.15, -0.1) is 0 Å². The van der Waals surface area contributed by atoms with E-state index in [9.17, 15) is 18.0 Å². The van der Waals surface area contributed by atoms with Crippen molar-refractivity contribution in [2.75, 3.05) is 39.0 Å². The normalized spacial score (nSPS) is 16.8. The number of hydrogen-bond donors (Lipinski definition) is 1. The smallest absolute Gasteiger partial charge is 0.214 e. The van der Waals surface area contributed by atoms with Crippen LogP contribution >= 0.6 is 15.9 Å². The summed E-state index contributed by atoms with van der Waals surface area (Å²) in [6.07, 6.45) is 0.810. The van der Waals surface area contributed by atoms with Crippen molar-refractivity contribution in [1.29, 1.82) is 0 Å². The Hall–Kier alpha value is -1.89. The van der Waals surface area contributed by atoms with Gasteiger partial charge in [0, 0.05) is 32.6 Å². The van der Waals surface area contributed by atoms with Crippen LogP contribution in [0.25, 0.3) is 0 Å². The van der Waals surface area contributed by atoms with Crippen molar-refractivity contribution in [1.82, 2.24) is 19.5 Å². The van der Waals surface area contributed by atoms with Crippen molar-refractivity contribution in [2.45, 2.75) is 19.3 Å². The van der Waals surface area contributed by atoms with Gasteiger partial charge in [-0.1, -0.05) is 16.4 Å². The van der Waals surface area contributed by atoms with Crippen LogP contribution in [0.4, 0.5) is 4.39 Å². The maximum atomic E-state index is 13.4. The maximum absolute atomic E-state index is 13.4. The van der Waals surface area contributed by atoms with E-state index in [1.807, 2.05) is 7.05 Å². The molecule has 3 rings (SSSR count). The molecule has 0 bridgehead atoms. The second-order valence-corrected chi connectivity index (χ2v) is 10.1. The third-order valence-electron chi connectivity index (χ3n) is 4.98. The second kappa shape index (κ2) is 9.94. The molecule has 1 N–H and O–H groups in total. The average Bonchev–Trinajstić information content (AvgIpc) is 3.17. The highest BCUT2D eigenvalue weighted by Crippen LogP contribution is 2.19. The number of nitrogens with zero attached hydrogens (tertiary/aromatic N) is 5. The minimum atomic E-state index is -3.35. The Kier molecular flexibility index (Phi) is 7.55. The van der Waals surface area contributed by atoms with Gasteiger partial charge in [-0.2, -0.15) is 4.31 Å². The van der Waals surface area contributed by atoms with Crippen LogP contribution in [0.1, 0.15) is 23.4 Å². The number of halogens is 2. The molecule has 1 fully saturated rings. The van der Waals surface area contributed by atoms with Crippen LogP contribution in [0.15, 0.2) is 32.5 Å². The maximum Gasteiger partial charge on any atom is 0.214 e. The summed E-state index contributed by atoms with van der Waals surface area (Å²) in [4.78, 5) is 2.09. The SMILES string of the molecule is CN1CCN(S(=O)(=O)CCCc2nonc2/C(Cc2ccc(F)c(Br)c2)=N/O)CC1. The van der Waals surface area contributed by atoms with Crippen LogP contribution in [0, 0.1) is 5.82 Å². The van der Waals surface area contributed by atoms with Crippen molar-refractivity contribution in [3.05, 3.63) is 45.4 Å². The summed E-state index contributed by atoms with van der Waals surface area (Å²) >= 11 is 3.12. The van der Waals surface area contributed by atoms with Crippen LogP contribution in [0.5, 0.6) is 0 Å². The van der Waals surface area contributed by atoms with Gasteiger partial charge in [0.25, 0.3) is 0 Å². The molecule has 1 aromatic heterocycles. The lowest BCUT2D eigenvalue weighted by atomic mass is 10.0. The molecule has 0 aliphatic carbocycles. The van der Waals surface area contributed by atoms with Gasteiger partial charge in [0.05, 0.1) is 10.2 Å². The number of benzene rings is 1. The van der Waals surface area contributed by atoms with Gasteiger partial charge < -0.3 is 10.1 Å². The number of likely N-dealkylation sites (N-methyl/N-ethyl adjacent to an activating group) is 1. The Labute approximate surface area is 182 Å². The first kappa shape index (κ1) is 22.8. The van der Waals surface area contributed by atoms with Gasteiger partial charge >= 0.3 is 0 Å². The molecule has 1 saturated heterocycles. The third kappa shape index (κ3) is 5.62. The fourth-order valence-corrected chi connectivity index (χ4v) is 5.13. The van der Waals surface area contributed by atoms with E-state index in [1.165, 1.54) is 10.4 Å². The molecule has 0 radical (unpaired) electrons. The molecule has 9 nitrogen and oxygen atoms in total. The van der Waals surface area contributed by atoms with E-state index in [0.717, 1.165) is 0 Å². The zero-order valence-electron chi connectivity index (χ0n) is 16.5. The third-order valence-corrected chi connectivity index (χ3v) is 7.54. The molecule has 0 saturated carbocycles. The topological polar surface area (TPSA) is 112 Å². The lowest BCUT2D eigenvalue weighted by Gasteiger charge is -2.31. The molecule has 1 aliphatic rings. The first-order valence-electron chi connectivity index (χ1n) is 9.43. The molecule has 0 unspecified atom stereocenters. The minimum absolute atomic E-state index is 0.0144. The fourth-order valence-electron chi connectivity index (χ4n) is 3.22. The standard InChI is InChI=1S/C18H23BrFN5O4S/c1-24-6-8-25(9-7-24)30(27,28)10-2-3-16-18(23-29-22-16)17(21-26)12-13-4-5-15(20)14(19)11-13/h4-5,11,26H,2-3,6-10,12H2,1H3/b21-17+. The fraction of sp³-hybridized carbons (Fsp3) is 0.500. The van der Waals surface area contributed by atoms with Crippen molar-refractivity contribution in [3.8, 4) is 0 Å². The lowest BCUT2D eigenvalue weighted by Crippen LogP contribution is -2.47. The highest BCUT2D eigenvalue weighted by atomic mass is 79.9. The van der Waals surface area contributed by atoms with Gasteiger partial charge in [-0.3, -0.25) is 0 Å². The van der Waals surface area contributed by atoms with E-state index >= 15 is 0 Å². The van der Waals surface area contributed by atoms with E-state index < -0.39 is 15.8 Å². The van der Waals surface area contributed by atoms with E-state index in [2.05, 4.69) is 36.3 Å². The molecular weight excluding hydrogens is 481 g/mol. The van der Waals surface area contributed by atoms with E-state index in [0.29, 0.717) is 54.8 Å². The number of piperazine rings is 1.